The van der Waals surface area contributed by atoms with E-state index in [1.54, 1.807) is 0 Å². The summed E-state index contributed by atoms with van der Waals surface area (Å²) in [6.45, 7) is 11.1. The van der Waals surface area contributed by atoms with E-state index in [9.17, 15) is 35.2 Å². The van der Waals surface area contributed by atoms with Crippen LogP contribution in [-0.4, -0.2) is 73.7 Å². The molecule has 5 aliphatic carbocycles. The minimum atomic E-state index is -1.45. The van der Waals surface area contributed by atoms with Crippen molar-refractivity contribution in [1.29, 1.82) is 0 Å². The fourth-order valence-electron chi connectivity index (χ4n) is 12.7. The number of carbonyl (C=O) groups is 1. The topological polar surface area (TPSA) is 157 Å². The molecule has 16 atom stereocenters. The van der Waals surface area contributed by atoms with Gasteiger partial charge in [-0.15, -0.1) is 0 Å². The Hall–Kier alpha value is -1.39. The van der Waals surface area contributed by atoms with Crippen LogP contribution in [0.2, 0.25) is 0 Å². The quantitative estimate of drug-likeness (QED) is 0.157. The second-order valence-electron chi connectivity index (χ2n) is 17.7. The molecule has 1 heterocycles. The van der Waals surface area contributed by atoms with E-state index in [1.807, 2.05) is 13.8 Å². The van der Waals surface area contributed by atoms with Gasteiger partial charge in [-0.3, -0.25) is 4.79 Å². The van der Waals surface area contributed by atoms with Crippen LogP contribution < -0.4 is 0 Å². The van der Waals surface area contributed by atoms with Gasteiger partial charge in [0.15, 0.2) is 0 Å². The van der Waals surface area contributed by atoms with Gasteiger partial charge in [0, 0.05) is 0 Å². The van der Waals surface area contributed by atoms with Crippen molar-refractivity contribution in [2.24, 2.45) is 56.9 Å². The number of carboxylic acid groups (broad SMARTS) is 1. The zero-order valence-corrected chi connectivity index (χ0v) is 29.3. The molecule has 9 nitrogen and oxygen atoms in total. The third kappa shape index (κ3) is 5.48. The van der Waals surface area contributed by atoms with Crippen LogP contribution in [0.15, 0.2) is 16.8 Å². The highest BCUT2D eigenvalue weighted by Crippen LogP contribution is 2.71. The minimum Gasteiger partial charge on any atom is -0.481 e. The van der Waals surface area contributed by atoms with E-state index in [4.69, 9.17) is 4.74 Å². The molecule has 47 heavy (non-hydrogen) atoms. The monoisotopic (exact) mass is 659 g/mol. The standard InChI is InChI=1S/C38H61NO8/c1-6-7-8-26(39-46)33-32(42)31(41)30(40)27(47-33)20-22-12-15-36(4)28-10-9-23-24(35(28,3)16-14-29(36)37(22,5)45)13-18-38(34(43)44)17-11-21(2)19-25(23)38/h9,21-22,24-33,40-42,45H,6-8,10-20H2,1-5H3,(H,43,44)/t21?,22?,24?,25?,26?,27?,28?,29?,30?,31?,32?,33?,35?,36?,37-,38?/m1/s1. The Morgan fingerprint density at radius 1 is 0.957 bits per heavy atom. The molecule has 4 saturated carbocycles. The summed E-state index contributed by atoms with van der Waals surface area (Å²) in [6.07, 6.45) is 7.69. The first-order valence-electron chi connectivity index (χ1n) is 18.8. The molecule has 0 amide bonds. The number of aliphatic carboxylic acids is 1. The zero-order valence-electron chi connectivity index (χ0n) is 29.3. The Kier molecular flexibility index (Phi) is 9.60. The highest BCUT2D eigenvalue weighted by atomic mass is 16.5. The molecular formula is C38H61NO8. The highest BCUT2D eigenvalue weighted by Gasteiger charge is 2.66. The van der Waals surface area contributed by atoms with Crippen LogP contribution in [0.3, 0.4) is 0 Å². The third-order valence-electron chi connectivity index (χ3n) is 15.4. The predicted octanol–water partition coefficient (Wildman–Crippen LogP) is 6.00. The summed E-state index contributed by atoms with van der Waals surface area (Å²) in [5.74, 6) is 0.677. The van der Waals surface area contributed by atoms with E-state index in [2.05, 4.69) is 32.0 Å². The molecule has 0 bridgehead atoms. The van der Waals surface area contributed by atoms with Gasteiger partial charge in [0.1, 0.15) is 30.5 Å². The summed E-state index contributed by atoms with van der Waals surface area (Å²) in [7, 11) is 0. The number of fused-ring (bicyclic) bond motifs is 7. The van der Waals surface area contributed by atoms with E-state index in [1.165, 1.54) is 5.57 Å². The number of allylic oxidation sites excluding steroid dienone is 2. The molecule has 15 unspecified atom stereocenters. The van der Waals surface area contributed by atoms with Crippen LogP contribution in [0.1, 0.15) is 125 Å². The van der Waals surface area contributed by atoms with E-state index in [0.29, 0.717) is 30.6 Å². The van der Waals surface area contributed by atoms with Crippen molar-refractivity contribution in [3.63, 3.8) is 0 Å². The van der Waals surface area contributed by atoms with Gasteiger partial charge in [0.05, 0.1) is 17.1 Å². The molecule has 6 aliphatic rings. The molecule has 1 saturated heterocycles. The Labute approximate surface area is 280 Å². The average Bonchev–Trinajstić information content (AvgIpc) is 3.02. The van der Waals surface area contributed by atoms with Gasteiger partial charge in [-0.05, 0) is 130 Å². The number of hydrogen-bond donors (Lipinski definition) is 5. The summed E-state index contributed by atoms with van der Waals surface area (Å²) in [5, 5.41) is 58.8. The van der Waals surface area contributed by atoms with Crippen LogP contribution >= 0.6 is 0 Å². The van der Waals surface area contributed by atoms with Crippen molar-refractivity contribution in [3.8, 4) is 0 Å². The maximum atomic E-state index is 12.8. The number of ether oxygens (including phenoxy) is 1. The molecule has 266 valence electrons. The largest absolute Gasteiger partial charge is 0.481 e. The number of rotatable bonds is 8. The number of unbranched alkanes of at least 4 members (excludes halogenated alkanes) is 1. The average molecular weight is 660 g/mol. The van der Waals surface area contributed by atoms with Gasteiger partial charge in [0.25, 0.3) is 0 Å². The van der Waals surface area contributed by atoms with Crippen LogP contribution in [0, 0.1) is 56.7 Å². The lowest BCUT2D eigenvalue weighted by Crippen LogP contribution is -2.65. The van der Waals surface area contributed by atoms with Crippen LogP contribution in [0.5, 0.6) is 0 Å². The van der Waals surface area contributed by atoms with E-state index >= 15 is 0 Å². The summed E-state index contributed by atoms with van der Waals surface area (Å²) in [6, 6.07) is -0.817. The molecule has 9 heteroatoms. The predicted molar refractivity (Wildman–Crippen MR) is 178 cm³/mol. The van der Waals surface area contributed by atoms with Crippen molar-refractivity contribution in [2.75, 3.05) is 0 Å². The maximum absolute atomic E-state index is 12.8. The van der Waals surface area contributed by atoms with Crippen molar-refractivity contribution in [3.05, 3.63) is 16.6 Å². The van der Waals surface area contributed by atoms with E-state index < -0.39 is 53.5 Å². The molecule has 0 radical (unpaired) electrons. The fraction of sp³-hybridized carbons (Fsp3) is 0.921. The summed E-state index contributed by atoms with van der Waals surface area (Å²) in [5.41, 5.74) is -0.283. The fourth-order valence-corrected chi connectivity index (χ4v) is 12.7. The number of hydrogen-bond acceptors (Lipinski definition) is 8. The summed E-state index contributed by atoms with van der Waals surface area (Å²) >= 11 is 0. The molecule has 0 spiro atoms. The molecule has 0 aromatic heterocycles. The molecule has 5 fully saturated rings. The Morgan fingerprint density at radius 2 is 1.66 bits per heavy atom. The second-order valence-corrected chi connectivity index (χ2v) is 17.7. The van der Waals surface area contributed by atoms with Gasteiger partial charge in [-0.2, -0.15) is 4.91 Å². The van der Waals surface area contributed by atoms with Crippen molar-refractivity contribution < 1.29 is 35.1 Å². The number of aliphatic hydroxyl groups is 4. The van der Waals surface area contributed by atoms with Crippen molar-refractivity contribution in [2.45, 2.75) is 167 Å². The van der Waals surface area contributed by atoms with Crippen molar-refractivity contribution in [1.82, 2.24) is 0 Å². The van der Waals surface area contributed by atoms with Gasteiger partial charge >= 0.3 is 5.97 Å². The van der Waals surface area contributed by atoms with E-state index in [0.717, 1.165) is 77.0 Å². The second kappa shape index (κ2) is 12.7. The molecule has 1 aliphatic heterocycles. The lowest BCUT2D eigenvalue weighted by Gasteiger charge is -2.68. The van der Waals surface area contributed by atoms with E-state index in [-0.39, 0.29) is 28.6 Å². The number of carboxylic acids is 1. The lowest BCUT2D eigenvalue weighted by molar-refractivity contribution is -0.246. The summed E-state index contributed by atoms with van der Waals surface area (Å²) in [4.78, 5) is 24.5. The highest BCUT2D eigenvalue weighted by molar-refractivity contribution is 5.76. The van der Waals surface area contributed by atoms with Gasteiger partial charge in [-0.1, -0.05) is 57.4 Å². The smallest absolute Gasteiger partial charge is 0.310 e. The maximum Gasteiger partial charge on any atom is 0.310 e. The first-order chi connectivity index (χ1) is 22.2. The molecule has 0 aromatic rings. The molecule has 0 aromatic carbocycles. The van der Waals surface area contributed by atoms with Crippen LogP contribution in [0.4, 0.5) is 0 Å². The van der Waals surface area contributed by atoms with Gasteiger partial charge in [-0.25, -0.2) is 0 Å². The van der Waals surface area contributed by atoms with Crippen LogP contribution in [0.25, 0.3) is 0 Å². The number of aliphatic hydroxyl groups excluding tert-OH is 3. The minimum absolute atomic E-state index is 0.0409. The Morgan fingerprint density at radius 3 is 2.34 bits per heavy atom. The summed E-state index contributed by atoms with van der Waals surface area (Å²) < 4.78 is 6.21. The normalized spacial score (nSPS) is 51.8. The Bertz CT molecular complexity index is 1220. The number of nitrogens with zero attached hydrogens (tertiary/aromatic N) is 1. The molecule has 6 rings (SSSR count). The third-order valence-corrected chi connectivity index (χ3v) is 15.4. The van der Waals surface area contributed by atoms with Crippen molar-refractivity contribution >= 4 is 5.97 Å². The number of nitroso groups, excluding NO2 is 1. The van der Waals surface area contributed by atoms with Gasteiger partial charge < -0.3 is 30.3 Å². The zero-order chi connectivity index (χ0) is 34.1. The first kappa shape index (κ1) is 35.4. The molecular weight excluding hydrogens is 598 g/mol. The molecule has 5 N–H and O–H groups in total. The Balaban J connectivity index is 1.23. The SMILES string of the molecule is CCCCC(N=O)C1OC(CC2CCC3(C)C4CC=C5C6CC(C)CCC6(C(=O)O)CCC5C4(C)CCC3[C@]2(C)O)C(O)C(O)C1O. The first-order valence-corrected chi connectivity index (χ1v) is 18.8. The van der Waals surface area contributed by atoms with Crippen LogP contribution in [-0.2, 0) is 9.53 Å². The lowest BCUT2D eigenvalue weighted by atomic mass is 9.37. The van der Waals surface area contributed by atoms with Gasteiger partial charge in [0.2, 0.25) is 0 Å².